The van der Waals surface area contributed by atoms with Crippen LogP contribution in [0.5, 0.6) is 0 Å². The van der Waals surface area contributed by atoms with Gasteiger partial charge in [-0.2, -0.15) is 0 Å². The summed E-state index contributed by atoms with van der Waals surface area (Å²) >= 11 is 0. The molecule has 5 atom stereocenters. The summed E-state index contributed by atoms with van der Waals surface area (Å²) in [5, 5.41) is 0. The van der Waals surface area contributed by atoms with E-state index >= 15 is 0 Å². The average molecular weight is 246 g/mol. The minimum absolute atomic E-state index is 0.139. The quantitative estimate of drug-likeness (QED) is 0.546. The van der Waals surface area contributed by atoms with Gasteiger partial charge in [0.15, 0.2) is 7.37 Å². The molecule has 1 aliphatic rings. The Morgan fingerprint density at radius 1 is 1.38 bits per heavy atom. The lowest BCUT2D eigenvalue weighted by molar-refractivity contribution is 0.0202. The van der Waals surface area contributed by atoms with E-state index in [0.717, 1.165) is 6.42 Å². The molecule has 1 aliphatic heterocycles. The molecule has 2 unspecified atom stereocenters. The molecule has 0 aromatic rings. The second-order valence-corrected chi connectivity index (χ2v) is 7.02. The Morgan fingerprint density at radius 2 is 2.00 bits per heavy atom. The van der Waals surface area contributed by atoms with Gasteiger partial charge in [0.1, 0.15) is 20.1 Å². The van der Waals surface area contributed by atoms with Crippen molar-refractivity contribution in [2.24, 2.45) is 0 Å². The van der Waals surface area contributed by atoms with Gasteiger partial charge in [-0.25, -0.2) is 0 Å². The number of hydrogen-bond donors (Lipinski definition) is 0. The molecule has 0 bridgehead atoms. The lowest BCUT2D eigenvalue weighted by Crippen LogP contribution is -2.36. The number of hydrogen-bond acceptors (Lipinski definition) is 4. The second kappa shape index (κ2) is 5.68. The predicted molar refractivity (Wildman–Crippen MR) is 64.4 cm³/mol. The highest BCUT2D eigenvalue weighted by Gasteiger charge is 2.44. The first kappa shape index (κ1) is 14.2. The molecule has 1 saturated heterocycles. The molecule has 0 aromatic carbocycles. The zero-order valence-corrected chi connectivity index (χ0v) is 11.3. The van der Waals surface area contributed by atoms with Crippen molar-refractivity contribution in [3.8, 4) is 0 Å². The molecule has 4 nitrogen and oxygen atoms in total. The smallest absolute Gasteiger partial charge is 0.200 e. The van der Waals surface area contributed by atoms with Crippen molar-refractivity contribution in [3.63, 3.8) is 0 Å². The van der Waals surface area contributed by atoms with Crippen LogP contribution in [0.2, 0.25) is 0 Å². The number of rotatable bonds is 5. The van der Waals surface area contributed by atoms with Crippen molar-refractivity contribution in [1.82, 2.24) is 0 Å². The normalized spacial score (nSPS) is 38.5. The fourth-order valence-corrected chi connectivity index (χ4v) is 2.73. The van der Waals surface area contributed by atoms with Crippen molar-refractivity contribution >= 4 is 15.2 Å². The van der Waals surface area contributed by atoms with Crippen molar-refractivity contribution < 1.29 is 18.6 Å². The molecule has 2 radical (unpaired) electrons. The third kappa shape index (κ3) is 3.10. The van der Waals surface area contributed by atoms with Crippen molar-refractivity contribution in [1.29, 1.82) is 0 Å². The van der Waals surface area contributed by atoms with Gasteiger partial charge in [-0.15, -0.1) is 0 Å². The SMILES string of the molecule is [B][C@@H]1O[C@H](CC)C(OP(C)(=O)CC)[C@@H]1OC. The van der Waals surface area contributed by atoms with Crippen LogP contribution in [0.25, 0.3) is 0 Å². The molecule has 1 rings (SSSR count). The zero-order chi connectivity index (χ0) is 12.3. The molecule has 0 saturated carbocycles. The van der Waals surface area contributed by atoms with Gasteiger partial charge < -0.3 is 14.0 Å². The maximum atomic E-state index is 12.0. The second-order valence-electron chi connectivity index (χ2n) is 4.15. The van der Waals surface area contributed by atoms with Crippen LogP contribution in [0.3, 0.4) is 0 Å². The Balaban J connectivity index is 2.77. The molecular formula is C10H20BO4P. The van der Waals surface area contributed by atoms with Crippen LogP contribution in [-0.2, 0) is 18.6 Å². The topological polar surface area (TPSA) is 44.8 Å². The summed E-state index contributed by atoms with van der Waals surface area (Å²) in [6.45, 7) is 5.47. The summed E-state index contributed by atoms with van der Waals surface area (Å²) in [5.41, 5.74) is 0. The van der Waals surface area contributed by atoms with Gasteiger partial charge in [0, 0.05) is 25.9 Å². The summed E-state index contributed by atoms with van der Waals surface area (Å²) in [5.74, 6) is 0. The average Bonchev–Trinajstić information content (AvgIpc) is 2.53. The summed E-state index contributed by atoms with van der Waals surface area (Å²) in [6, 6.07) is -0.503. The molecule has 0 spiro atoms. The molecule has 0 aliphatic carbocycles. The van der Waals surface area contributed by atoms with Crippen LogP contribution in [0.4, 0.5) is 0 Å². The van der Waals surface area contributed by atoms with Crippen molar-refractivity contribution in [3.05, 3.63) is 0 Å². The maximum Gasteiger partial charge on any atom is 0.200 e. The summed E-state index contributed by atoms with van der Waals surface area (Å²) in [6.07, 6.45) is 0.457. The molecule has 1 heterocycles. The van der Waals surface area contributed by atoms with Gasteiger partial charge >= 0.3 is 0 Å². The van der Waals surface area contributed by atoms with E-state index in [1.54, 1.807) is 13.8 Å². The Labute approximate surface area is 98.9 Å². The van der Waals surface area contributed by atoms with Gasteiger partial charge in [-0.3, -0.25) is 4.57 Å². The van der Waals surface area contributed by atoms with Crippen molar-refractivity contribution in [2.45, 2.75) is 44.6 Å². The third-order valence-corrected chi connectivity index (χ3v) is 4.78. The summed E-state index contributed by atoms with van der Waals surface area (Å²) in [4.78, 5) is 0. The molecule has 0 amide bonds. The first-order chi connectivity index (χ1) is 7.45. The molecular weight excluding hydrogens is 226 g/mol. The monoisotopic (exact) mass is 246 g/mol. The Kier molecular flexibility index (Phi) is 5.05. The van der Waals surface area contributed by atoms with Gasteiger partial charge in [0.05, 0.1) is 6.10 Å². The van der Waals surface area contributed by atoms with Crippen LogP contribution in [-0.4, -0.2) is 52.1 Å². The fourth-order valence-electron chi connectivity index (χ4n) is 1.81. The van der Waals surface area contributed by atoms with E-state index in [9.17, 15) is 4.57 Å². The first-order valence-corrected chi connectivity index (χ1v) is 7.89. The lowest BCUT2D eigenvalue weighted by Gasteiger charge is -2.25. The molecule has 6 heteroatoms. The zero-order valence-electron chi connectivity index (χ0n) is 10.4. The highest BCUT2D eigenvalue weighted by atomic mass is 31.2. The standard InChI is InChI=1S/C10H20BO4P/c1-5-7-8(15-16(4,12)6-2)9(13-3)10(11)14-7/h7-10H,5-6H2,1-4H3/t7-,8?,9+,10-,16?/m1/s1. The maximum absolute atomic E-state index is 12.0. The van der Waals surface area contributed by atoms with E-state index < -0.39 is 13.4 Å². The van der Waals surface area contributed by atoms with E-state index in [4.69, 9.17) is 21.8 Å². The van der Waals surface area contributed by atoms with Gasteiger partial charge in [0.25, 0.3) is 0 Å². The van der Waals surface area contributed by atoms with Crippen LogP contribution in [0.15, 0.2) is 0 Å². The lowest BCUT2D eigenvalue weighted by atomic mass is 9.92. The van der Waals surface area contributed by atoms with E-state index in [-0.39, 0.29) is 18.3 Å². The fraction of sp³-hybridized carbons (Fsp3) is 1.00. The first-order valence-electron chi connectivity index (χ1n) is 5.64. The van der Waals surface area contributed by atoms with Crippen LogP contribution >= 0.6 is 7.37 Å². The largest absolute Gasteiger partial charge is 0.379 e. The summed E-state index contributed by atoms with van der Waals surface area (Å²) < 4.78 is 28.4. The van der Waals surface area contributed by atoms with Gasteiger partial charge in [-0.05, 0) is 6.42 Å². The van der Waals surface area contributed by atoms with E-state index in [0.29, 0.717) is 6.16 Å². The third-order valence-electron chi connectivity index (χ3n) is 2.94. The number of ether oxygens (including phenoxy) is 2. The van der Waals surface area contributed by atoms with E-state index in [1.165, 1.54) is 0 Å². The van der Waals surface area contributed by atoms with Gasteiger partial charge in [0.2, 0.25) is 0 Å². The van der Waals surface area contributed by atoms with E-state index in [1.807, 2.05) is 13.8 Å². The highest BCUT2D eigenvalue weighted by molar-refractivity contribution is 7.58. The highest BCUT2D eigenvalue weighted by Crippen LogP contribution is 2.46. The minimum atomic E-state index is -2.57. The Bertz CT molecular complexity index is 274. The van der Waals surface area contributed by atoms with Crippen molar-refractivity contribution in [2.75, 3.05) is 19.9 Å². The molecule has 0 N–H and O–H groups in total. The van der Waals surface area contributed by atoms with Crippen LogP contribution in [0.1, 0.15) is 20.3 Å². The molecule has 0 aromatic heterocycles. The molecule has 1 fully saturated rings. The molecule has 16 heavy (non-hydrogen) atoms. The van der Waals surface area contributed by atoms with E-state index in [2.05, 4.69) is 0 Å². The Morgan fingerprint density at radius 3 is 2.44 bits per heavy atom. The predicted octanol–water partition coefficient (Wildman–Crippen LogP) is 1.62. The number of methoxy groups -OCH3 is 1. The Hall–Kier alpha value is 0.175. The van der Waals surface area contributed by atoms with Crippen LogP contribution < -0.4 is 0 Å². The summed E-state index contributed by atoms with van der Waals surface area (Å²) in [7, 11) is 4.79. The van der Waals surface area contributed by atoms with Gasteiger partial charge in [-0.1, -0.05) is 13.8 Å². The van der Waals surface area contributed by atoms with Crippen LogP contribution in [0, 0.1) is 0 Å². The minimum Gasteiger partial charge on any atom is -0.379 e. The molecule has 92 valence electrons.